The maximum atomic E-state index is 12.2. The average Bonchev–Trinajstić information content (AvgIpc) is 3.24. The summed E-state index contributed by atoms with van der Waals surface area (Å²) in [5.74, 6) is 2.10. The molecule has 0 spiro atoms. The van der Waals surface area contributed by atoms with Gasteiger partial charge in [0, 0.05) is 30.2 Å². The molecule has 170 valence electrons. The first kappa shape index (κ1) is 21.9. The van der Waals surface area contributed by atoms with Crippen molar-refractivity contribution >= 4 is 17.4 Å². The first-order valence-electron chi connectivity index (χ1n) is 10.4. The minimum atomic E-state index is -0.367. The number of methoxy groups -OCH3 is 1. The Labute approximate surface area is 190 Å². The van der Waals surface area contributed by atoms with E-state index in [1.165, 1.54) is 0 Å². The number of nitrogens with zero attached hydrogens (tertiary/aromatic N) is 4. The van der Waals surface area contributed by atoms with E-state index in [4.69, 9.17) is 14.2 Å². The van der Waals surface area contributed by atoms with Crippen molar-refractivity contribution in [1.82, 2.24) is 24.9 Å². The number of aromatic nitrogens is 4. The molecule has 0 saturated heterocycles. The summed E-state index contributed by atoms with van der Waals surface area (Å²) in [5.41, 5.74) is 2.63. The third-order valence-corrected chi connectivity index (χ3v) is 4.64. The fourth-order valence-corrected chi connectivity index (χ4v) is 3.16. The number of nitrogens with one attached hydrogen (secondary N) is 2. The van der Waals surface area contributed by atoms with Crippen molar-refractivity contribution in [2.75, 3.05) is 32.2 Å². The van der Waals surface area contributed by atoms with Gasteiger partial charge in [0.1, 0.15) is 12.4 Å². The molecule has 0 aromatic carbocycles. The number of carbonyl (C=O) groups is 1. The van der Waals surface area contributed by atoms with E-state index < -0.39 is 0 Å². The van der Waals surface area contributed by atoms with E-state index >= 15 is 0 Å². The highest BCUT2D eigenvalue weighted by molar-refractivity contribution is 5.89. The molecule has 10 nitrogen and oxygen atoms in total. The molecule has 0 aliphatic carbocycles. The molecular weight excluding hydrogens is 424 g/mol. The van der Waals surface area contributed by atoms with Crippen LogP contribution in [-0.2, 0) is 0 Å². The van der Waals surface area contributed by atoms with Crippen molar-refractivity contribution in [3.63, 3.8) is 0 Å². The molecular formula is C23H24N6O4. The minimum Gasteiger partial charge on any atom is -0.490 e. The van der Waals surface area contributed by atoms with Crippen molar-refractivity contribution in [3.8, 4) is 28.5 Å². The Balaban J connectivity index is 1.38. The Bertz CT molecular complexity index is 1230. The molecule has 0 bridgehead atoms. The lowest BCUT2D eigenvalue weighted by molar-refractivity contribution is 0.247. The molecule has 4 heterocycles. The van der Waals surface area contributed by atoms with E-state index in [-0.39, 0.29) is 6.03 Å². The van der Waals surface area contributed by atoms with E-state index in [2.05, 4.69) is 25.7 Å². The van der Waals surface area contributed by atoms with Crippen molar-refractivity contribution in [2.45, 2.75) is 6.92 Å². The summed E-state index contributed by atoms with van der Waals surface area (Å²) in [4.78, 5) is 20.5. The fourth-order valence-electron chi connectivity index (χ4n) is 3.16. The molecule has 33 heavy (non-hydrogen) atoms. The second-order valence-corrected chi connectivity index (χ2v) is 6.90. The molecule has 0 saturated carbocycles. The van der Waals surface area contributed by atoms with Crippen molar-refractivity contribution in [1.29, 1.82) is 0 Å². The quantitative estimate of drug-likeness (QED) is 0.378. The number of carbonyl (C=O) groups excluding carboxylic acids is 1. The SMILES string of the molecule is CCOc1cc(-c2ccn3nc(NC(=O)NCCOc4cccnc4)cc3c2)cnc1OC. The van der Waals surface area contributed by atoms with Gasteiger partial charge in [0.05, 0.1) is 32.0 Å². The van der Waals surface area contributed by atoms with Gasteiger partial charge in [-0.25, -0.2) is 14.3 Å². The topological polar surface area (TPSA) is 112 Å². The lowest BCUT2D eigenvalue weighted by Gasteiger charge is -2.10. The molecule has 4 aromatic heterocycles. The highest BCUT2D eigenvalue weighted by atomic mass is 16.5. The second kappa shape index (κ2) is 10.3. The predicted molar refractivity (Wildman–Crippen MR) is 123 cm³/mol. The number of fused-ring (bicyclic) bond motifs is 1. The molecule has 4 rings (SSSR count). The Morgan fingerprint density at radius 2 is 2.03 bits per heavy atom. The Hall–Kier alpha value is -4.34. The largest absolute Gasteiger partial charge is 0.490 e. The normalized spacial score (nSPS) is 10.6. The fraction of sp³-hybridized carbons (Fsp3) is 0.217. The van der Waals surface area contributed by atoms with Crippen molar-refractivity contribution in [2.24, 2.45) is 0 Å². The van der Waals surface area contributed by atoms with Crippen LogP contribution >= 0.6 is 0 Å². The summed E-state index contributed by atoms with van der Waals surface area (Å²) in [6.07, 6.45) is 6.83. The number of pyridine rings is 3. The molecule has 0 fully saturated rings. The Morgan fingerprint density at radius 1 is 1.12 bits per heavy atom. The summed E-state index contributed by atoms with van der Waals surface area (Å²) >= 11 is 0. The van der Waals surface area contributed by atoms with E-state index in [1.54, 1.807) is 48.4 Å². The molecule has 0 unspecified atom stereocenters. The number of hydrogen-bond acceptors (Lipinski definition) is 7. The molecule has 2 N–H and O–H groups in total. The molecule has 4 aromatic rings. The van der Waals surface area contributed by atoms with Crippen LogP contribution in [0, 0.1) is 0 Å². The summed E-state index contributed by atoms with van der Waals surface area (Å²) in [5, 5.41) is 9.85. The van der Waals surface area contributed by atoms with Crippen LogP contribution < -0.4 is 24.8 Å². The predicted octanol–water partition coefficient (Wildman–Crippen LogP) is 3.40. The van der Waals surface area contributed by atoms with Crippen LogP contribution in [0.25, 0.3) is 16.6 Å². The van der Waals surface area contributed by atoms with Crippen LogP contribution in [0.2, 0.25) is 0 Å². The van der Waals surface area contributed by atoms with Crippen LogP contribution in [0.3, 0.4) is 0 Å². The zero-order valence-corrected chi connectivity index (χ0v) is 18.3. The summed E-state index contributed by atoms with van der Waals surface area (Å²) in [6, 6.07) is 10.8. The highest BCUT2D eigenvalue weighted by Gasteiger charge is 2.11. The molecule has 0 aliphatic rings. The molecule has 0 radical (unpaired) electrons. The smallest absolute Gasteiger partial charge is 0.320 e. The molecule has 10 heteroatoms. The van der Waals surface area contributed by atoms with Crippen molar-refractivity contribution in [3.05, 3.63) is 61.2 Å². The highest BCUT2D eigenvalue weighted by Crippen LogP contribution is 2.30. The van der Waals surface area contributed by atoms with Gasteiger partial charge in [-0.15, -0.1) is 5.10 Å². The number of anilines is 1. The van der Waals surface area contributed by atoms with Crippen LogP contribution in [0.5, 0.6) is 17.4 Å². The Kier molecular flexibility index (Phi) is 6.84. The molecule has 0 aliphatic heterocycles. The van der Waals surface area contributed by atoms with Gasteiger partial charge in [-0.1, -0.05) is 0 Å². The van der Waals surface area contributed by atoms with Gasteiger partial charge in [-0.2, -0.15) is 0 Å². The third-order valence-electron chi connectivity index (χ3n) is 4.64. The van der Waals surface area contributed by atoms with E-state index in [1.807, 2.05) is 31.3 Å². The lowest BCUT2D eigenvalue weighted by Crippen LogP contribution is -2.32. The standard InChI is InChI=1S/C23H24N6O4/c1-3-32-20-12-17(14-26-22(20)31-2)16-6-9-29-18(11-16)13-21(28-29)27-23(30)25-8-10-33-19-5-4-7-24-15-19/h4-7,9,11-15H,3,8,10H2,1-2H3,(H2,25,27,28,30). The minimum absolute atomic E-state index is 0.327. The number of urea groups is 1. The first-order valence-corrected chi connectivity index (χ1v) is 10.4. The van der Waals surface area contributed by atoms with Gasteiger partial charge in [0.25, 0.3) is 5.88 Å². The van der Waals surface area contributed by atoms with Crippen LogP contribution in [0.1, 0.15) is 6.92 Å². The monoisotopic (exact) mass is 448 g/mol. The average molecular weight is 448 g/mol. The van der Waals surface area contributed by atoms with Crippen molar-refractivity contribution < 1.29 is 19.0 Å². The second-order valence-electron chi connectivity index (χ2n) is 6.90. The number of hydrogen-bond donors (Lipinski definition) is 2. The molecule has 0 atom stereocenters. The van der Waals surface area contributed by atoms with E-state index in [0.29, 0.717) is 43.0 Å². The van der Waals surface area contributed by atoms with Crippen LogP contribution in [0.15, 0.2) is 61.2 Å². The maximum absolute atomic E-state index is 12.2. The summed E-state index contributed by atoms with van der Waals surface area (Å²) in [6.45, 7) is 3.08. The zero-order chi connectivity index (χ0) is 23.0. The number of rotatable bonds is 9. The number of amides is 2. The van der Waals surface area contributed by atoms with Gasteiger partial charge in [0.15, 0.2) is 11.6 Å². The first-order chi connectivity index (χ1) is 16.2. The van der Waals surface area contributed by atoms with E-state index in [0.717, 1.165) is 16.6 Å². The van der Waals surface area contributed by atoms with Gasteiger partial charge >= 0.3 is 6.03 Å². The maximum Gasteiger partial charge on any atom is 0.320 e. The lowest BCUT2D eigenvalue weighted by atomic mass is 10.1. The van der Waals surface area contributed by atoms with Gasteiger partial charge < -0.3 is 19.5 Å². The molecule has 2 amide bonds. The van der Waals surface area contributed by atoms with Gasteiger partial charge in [-0.3, -0.25) is 10.3 Å². The Morgan fingerprint density at radius 3 is 2.82 bits per heavy atom. The van der Waals surface area contributed by atoms with Gasteiger partial charge in [0.2, 0.25) is 0 Å². The van der Waals surface area contributed by atoms with E-state index in [9.17, 15) is 4.79 Å². The summed E-state index contributed by atoms with van der Waals surface area (Å²) < 4.78 is 18.1. The third kappa shape index (κ3) is 5.48. The van der Waals surface area contributed by atoms with Gasteiger partial charge in [-0.05, 0) is 42.8 Å². The van der Waals surface area contributed by atoms with Crippen LogP contribution in [0.4, 0.5) is 10.6 Å². The zero-order valence-electron chi connectivity index (χ0n) is 18.3. The van der Waals surface area contributed by atoms with Crippen LogP contribution in [-0.4, -0.2) is 52.5 Å². The number of ether oxygens (including phenoxy) is 3. The summed E-state index contributed by atoms with van der Waals surface area (Å²) in [7, 11) is 1.56.